The summed E-state index contributed by atoms with van der Waals surface area (Å²) in [5.74, 6) is 1.81. The van der Waals surface area contributed by atoms with Crippen molar-refractivity contribution in [3.8, 4) is 11.4 Å². The molecule has 1 atom stereocenters. The van der Waals surface area contributed by atoms with Gasteiger partial charge in [-0.25, -0.2) is 4.98 Å². The van der Waals surface area contributed by atoms with Crippen molar-refractivity contribution in [2.24, 2.45) is 5.16 Å². The molecule has 0 saturated carbocycles. The van der Waals surface area contributed by atoms with Gasteiger partial charge < -0.3 is 23.9 Å². The van der Waals surface area contributed by atoms with E-state index in [1.807, 2.05) is 24.0 Å². The van der Waals surface area contributed by atoms with Gasteiger partial charge in [-0.2, -0.15) is 0 Å². The van der Waals surface area contributed by atoms with E-state index in [0.717, 1.165) is 67.6 Å². The Balaban J connectivity index is 1.59. The zero-order valence-electron chi connectivity index (χ0n) is 19.0. The Morgan fingerprint density at radius 1 is 1.29 bits per heavy atom. The van der Waals surface area contributed by atoms with Crippen molar-refractivity contribution in [2.75, 3.05) is 39.9 Å². The van der Waals surface area contributed by atoms with Gasteiger partial charge >= 0.3 is 0 Å². The van der Waals surface area contributed by atoms with Crippen molar-refractivity contribution in [2.45, 2.75) is 39.7 Å². The molecule has 0 spiro atoms. The van der Waals surface area contributed by atoms with E-state index in [-0.39, 0.29) is 0 Å². The Morgan fingerprint density at radius 3 is 2.84 bits per heavy atom. The maximum Gasteiger partial charge on any atom is 0.171 e. The van der Waals surface area contributed by atoms with Crippen molar-refractivity contribution >= 4 is 11.9 Å². The van der Waals surface area contributed by atoms with E-state index >= 15 is 0 Å². The highest BCUT2D eigenvalue weighted by molar-refractivity contribution is 6.02. The van der Waals surface area contributed by atoms with Crippen LogP contribution in [0.25, 0.3) is 11.8 Å². The summed E-state index contributed by atoms with van der Waals surface area (Å²) in [7, 11) is 1.71. The van der Waals surface area contributed by atoms with Crippen molar-refractivity contribution < 1.29 is 9.57 Å². The van der Waals surface area contributed by atoms with Crippen LogP contribution in [0.2, 0.25) is 0 Å². The smallest absolute Gasteiger partial charge is 0.171 e. The lowest BCUT2D eigenvalue weighted by Gasteiger charge is -2.41. The lowest BCUT2D eigenvalue weighted by molar-refractivity contribution is 0.0422. The summed E-state index contributed by atoms with van der Waals surface area (Å²) in [6.07, 6.45) is 8.16. The second kappa shape index (κ2) is 9.56. The Hall–Kier alpha value is -2.80. The van der Waals surface area contributed by atoms with Gasteiger partial charge in [-0.3, -0.25) is 0 Å². The maximum absolute atomic E-state index is 5.68. The number of ether oxygens (including phenoxy) is 1. The summed E-state index contributed by atoms with van der Waals surface area (Å²) < 4.78 is 7.67. The van der Waals surface area contributed by atoms with Gasteiger partial charge in [0.15, 0.2) is 5.84 Å². The first kappa shape index (κ1) is 21.4. The predicted octanol–water partition coefficient (Wildman–Crippen LogP) is 3.72. The van der Waals surface area contributed by atoms with Crippen LogP contribution in [0.1, 0.15) is 37.9 Å². The first-order valence-corrected chi connectivity index (χ1v) is 11.2. The third-order valence-electron chi connectivity index (χ3n) is 6.16. The largest absolute Gasteiger partial charge is 0.495 e. The van der Waals surface area contributed by atoms with Gasteiger partial charge in [-0.05, 0) is 62.2 Å². The number of rotatable bonds is 7. The van der Waals surface area contributed by atoms with E-state index in [1.54, 1.807) is 7.11 Å². The molecular weight excluding hydrogens is 390 g/mol. The summed E-state index contributed by atoms with van der Waals surface area (Å²) in [6.45, 7) is 11.2. The zero-order valence-corrected chi connectivity index (χ0v) is 19.0. The quantitative estimate of drug-likeness (QED) is 0.679. The fourth-order valence-electron chi connectivity index (χ4n) is 4.40. The molecule has 2 aromatic rings. The second-order valence-corrected chi connectivity index (χ2v) is 8.17. The lowest BCUT2D eigenvalue weighted by Crippen LogP contribution is -2.53. The topological polar surface area (TPSA) is 55.1 Å². The van der Waals surface area contributed by atoms with E-state index in [2.05, 4.69) is 58.1 Å². The van der Waals surface area contributed by atoms with E-state index in [4.69, 9.17) is 9.57 Å². The molecule has 1 saturated heterocycles. The molecule has 2 aliphatic heterocycles. The normalized spacial score (nSPS) is 19.9. The highest BCUT2D eigenvalue weighted by atomic mass is 16.6. The summed E-state index contributed by atoms with van der Waals surface area (Å²) >= 11 is 0. The number of aromatic nitrogens is 2. The average Bonchev–Trinajstić information content (AvgIpc) is 3.23. The monoisotopic (exact) mass is 423 g/mol. The minimum Gasteiger partial charge on any atom is -0.495 e. The maximum atomic E-state index is 5.68. The molecule has 0 radical (unpaired) electrons. The van der Waals surface area contributed by atoms with E-state index < -0.39 is 0 Å². The number of likely N-dealkylation sites (N-methyl/N-ethyl adjacent to an activating group) is 1. The molecule has 3 heterocycles. The van der Waals surface area contributed by atoms with Gasteiger partial charge in [0.05, 0.1) is 30.9 Å². The molecule has 4 rings (SSSR count). The number of methoxy groups -OCH3 is 1. The van der Waals surface area contributed by atoms with Gasteiger partial charge in [-0.15, -0.1) is 0 Å². The van der Waals surface area contributed by atoms with Crippen LogP contribution in [0.3, 0.4) is 0 Å². The Labute approximate surface area is 184 Å². The van der Waals surface area contributed by atoms with Gasteiger partial charge in [0.2, 0.25) is 0 Å². The molecule has 2 aliphatic rings. The fraction of sp³-hybridized carbons (Fsp3) is 0.500. The number of hydrogen-bond donors (Lipinski definition) is 0. The van der Waals surface area contributed by atoms with Crippen LogP contribution in [0, 0.1) is 6.92 Å². The number of nitrogens with zero attached hydrogens (tertiary/aromatic N) is 5. The second-order valence-electron chi connectivity index (χ2n) is 8.17. The third kappa shape index (κ3) is 4.61. The van der Waals surface area contributed by atoms with Gasteiger partial charge in [-0.1, -0.05) is 25.1 Å². The minimum absolute atomic E-state index is 0.345. The first-order chi connectivity index (χ1) is 15.1. The molecule has 7 nitrogen and oxygen atoms in total. The molecule has 166 valence electrons. The summed E-state index contributed by atoms with van der Waals surface area (Å²) in [6, 6.07) is 6.62. The third-order valence-corrected chi connectivity index (χ3v) is 6.16. The molecule has 0 unspecified atom stereocenters. The number of fused-ring (bicyclic) bond motifs is 1. The highest BCUT2D eigenvalue weighted by Crippen LogP contribution is 2.29. The summed E-state index contributed by atoms with van der Waals surface area (Å²) in [4.78, 5) is 14.9. The molecule has 0 aliphatic carbocycles. The molecule has 1 aromatic carbocycles. The van der Waals surface area contributed by atoms with Crippen molar-refractivity contribution in [3.05, 3.63) is 47.6 Å². The van der Waals surface area contributed by atoms with Crippen LogP contribution in [-0.2, 0) is 4.84 Å². The van der Waals surface area contributed by atoms with Gasteiger partial charge in [0.25, 0.3) is 0 Å². The van der Waals surface area contributed by atoms with Crippen molar-refractivity contribution in [1.29, 1.82) is 0 Å². The number of hydrogen-bond acceptors (Lipinski definition) is 6. The molecule has 0 amide bonds. The Morgan fingerprint density at radius 2 is 2.13 bits per heavy atom. The van der Waals surface area contributed by atoms with Crippen molar-refractivity contribution in [1.82, 2.24) is 19.4 Å². The van der Waals surface area contributed by atoms with Crippen molar-refractivity contribution in [3.63, 3.8) is 0 Å². The van der Waals surface area contributed by atoms with E-state index in [1.165, 1.54) is 5.57 Å². The molecule has 1 aromatic heterocycles. The van der Waals surface area contributed by atoms with Crippen LogP contribution in [0.5, 0.6) is 5.75 Å². The van der Waals surface area contributed by atoms with Gasteiger partial charge in [0, 0.05) is 19.3 Å². The molecule has 7 heteroatoms. The van der Waals surface area contributed by atoms with Crippen LogP contribution in [0.15, 0.2) is 41.5 Å². The SMILES string of the molecule is CCN(CC)C[C@H]1CON=C2C(=Cc3ccc(-n4cnc(C)c4)c(OC)c3)CCCN21. The standard InChI is InChI=1S/C24H33N5O2/c1-5-27(6-2)15-21-16-31-26-24-20(8-7-11-29(21)24)12-19-9-10-22(23(13-19)30-4)28-14-18(3)25-17-28/h9-10,12-14,17,21H,5-8,11,15-16H2,1-4H3/t21-/m0/s1. The van der Waals surface area contributed by atoms with Crippen LogP contribution in [-0.4, -0.2) is 71.1 Å². The zero-order chi connectivity index (χ0) is 21.8. The Bertz CT molecular complexity index is 961. The fourth-order valence-corrected chi connectivity index (χ4v) is 4.40. The number of aryl methyl sites for hydroxylation is 1. The highest BCUT2D eigenvalue weighted by Gasteiger charge is 2.32. The minimum atomic E-state index is 0.345. The number of imidazole rings is 1. The number of piperidine rings is 1. The number of benzene rings is 1. The Kier molecular flexibility index (Phi) is 6.61. The average molecular weight is 424 g/mol. The molecule has 0 N–H and O–H groups in total. The molecule has 0 bridgehead atoms. The summed E-state index contributed by atoms with van der Waals surface area (Å²) in [5, 5.41) is 4.46. The molecular formula is C24H33N5O2. The summed E-state index contributed by atoms with van der Waals surface area (Å²) in [5.41, 5.74) is 4.28. The molecule has 1 fully saturated rings. The lowest BCUT2D eigenvalue weighted by atomic mass is 9.98. The number of amidine groups is 1. The van der Waals surface area contributed by atoms with E-state index in [9.17, 15) is 0 Å². The predicted molar refractivity (Wildman–Crippen MR) is 124 cm³/mol. The van der Waals surface area contributed by atoms with Crippen LogP contribution < -0.4 is 4.74 Å². The van der Waals surface area contributed by atoms with Crippen LogP contribution in [0.4, 0.5) is 0 Å². The molecule has 31 heavy (non-hydrogen) atoms. The van der Waals surface area contributed by atoms with Crippen LogP contribution >= 0.6 is 0 Å². The van der Waals surface area contributed by atoms with Gasteiger partial charge in [0.1, 0.15) is 12.4 Å². The first-order valence-electron chi connectivity index (χ1n) is 11.2. The number of oxime groups is 1. The van der Waals surface area contributed by atoms with E-state index in [0.29, 0.717) is 12.6 Å².